The van der Waals surface area contributed by atoms with Crippen molar-refractivity contribution in [3.8, 4) is 22.5 Å². The standard InChI is InChI=1S/C24H28N8O/c1-3-5-7-21(33)24-26-22(32(29-24)14-6-4-2)15-17-8-10-18(11-9-17)20-16-25-13-12-19(20)23-27-30-31-28-23/h8-13,16H,3-7,14-15H2,1-2H3,(H,27,28,30,31). The Labute approximate surface area is 192 Å². The summed E-state index contributed by atoms with van der Waals surface area (Å²) in [5.74, 6) is 1.71. The Morgan fingerprint density at radius 1 is 1.03 bits per heavy atom. The SMILES string of the molecule is CCCCC(=O)c1nc(Cc2ccc(-c3cnccc3-c3nn[nH]n3)cc2)n(CCCC)n1. The van der Waals surface area contributed by atoms with Crippen molar-refractivity contribution in [3.05, 3.63) is 59.9 Å². The number of pyridine rings is 1. The van der Waals surface area contributed by atoms with Gasteiger partial charge in [0.2, 0.25) is 17.4 Å². The number of aromatic nitrogens is 8. The summed E-state index contributed by atoms with van der Waals surface area (Å²) >= 11 is 0. The number of tetrazole rings is 1. The Morgan fingerprint density at radius 2 is 1.85 bits per heavy atom. The second-order valence-electron chi connectivity index (χ2n) is 7.99. The molecule has 0 aliphatic rings. The number of hydrogen-bond acceptors (Lipinski definition) is 7. The molecular formula is C24H28N8O. The summed E-state index contributed by atoms with van der Waals surface area (Å²) in [6.45, 7) is 4.98. The molecule has 0 aliphatic carbocycles. The van der Waals surface area contributed by atoms with Crippen LogP contribution in [0.4, 0.5) is 0 Å². The molecule has 170 valence electrons. The molecule has 0 aliphatic heterocycles. The van der Waals surface area contributed by atoms with Gasteiger partial charge in [0.1, 0.15) is 5.82 Å². The van der Waals surface area contributed by atoms with Crippen LogP contribution < -0.4 is 0 Å². The highest BCUT2D eigenvalue weighted by Crippen LogP contribution is 2.29. The van der Waals surface area contributed by atoms with Gasteiger partial charge in [-0.1, -0.05) is 51.0 Å². The molecule has 9 nitrogen and oxygen atoms in total. The molecule has 0 spiro atoms. The fourth-order valence-electron chi connectivity index (χ4n) is 3.64. The maximum atomic E-state index is 12.5. The minimum absolute atomic E-state index is 0.0225. The number of carbonyl (C=O) groups is 1. The zero-order valence-electron chi connectivity index (χ0n) is 19.0. The van der Waals surface area contributed by atoms with E-state index in [2.05, 4.69) is 73.8 Å². The molecular weight excluding hydrogens is 416 g/mol. The van der Waals surface area contributed by atoms with Crippen molar-refractivity contribution in [2.24, 2.45) is 0 Å². The van der Waals surface area contributed by atoms with Gasteiger partial charge in [0.25, 0.3) is 0 Å². The van der Waals surface area contributed by atoms with Crippen LogP contribution >= 0.6 is 0 Å². The van der Waals surface area contributed by atoms with Crippen molar-refractivity contribution in [1.29, 1.82) is 0 Å². The molecule has 3 aromatic heterocycles. The highest BCUT2D eigenvalue weighted by molar-refractivity contribution is 5.92. The van der Waals surface area contributed by atoms with E-state index in [-0.39, 0.29) is 5.78 Å². The van der Waals surface area contributed by atoms with Crippen LogP contribution in [0.2, 0.25) is 0 Å². The lowest BCUT2D eigenvalue weighted by atomic mass is 9.99. The van der Waals surface area contributed by atoms with Gasteiger partial charge >= 0.3 is 0 Å². The molecule has 3 heterocycles. The highest BCUT2D eigenvalue weighted by Gasteiger charge is 2.17. The number of rotatable bonds is 11. The lowest BCUT2D eigenvalue weighted by molar-refractivity contribution is 0.0969. The van der Waals surface area contributed by atoms with E-state index >= 15 is 0 Å². The average molecular weight is 445 g/mol. The van der Waals surface area contributed by atoms with Crippen molar-refractivity contribution in [2.45, 2.75) is 58.9 Å². The fourth-order valence-corrected chi connectivity index (χ4v) is 3.64. The molecule has 0 unspecified atom stereocenters. The fraction of sp³-hybridized carbons (Fsp3) is 0.375. The molecule has 0 radical (unpaired) electrons. The Kier molecular flexibility index (Phi) is 7.29. The zero-order chi connectivity index (χ0) is 23.0. The highest BCUT2D eigenvalue weighted by atomic mass is 16.1. The van der Waals surface area contributed by atoms with Gasteiger partial charge < -0.3 is 0 Å². The summed E-state index contributed by atoms with van der Waals surface area (Å²) in [5, 5.41) is 18.9. The molecule has 33 heavy (non-hydrogen) atoms. The first kappa shape index (κ1) is 22.4. The molecule has 0 amide bonds. The zero-order valence-corrected chi connectivity index (χ0v) is 19.0. The first-order chi connectivity index (χ1) is 16.2. The number of Topliss-reactive ketones (excluding diaryl/α,β-unsaturated/α-hetero) is 1. The second kappa shape index (κ2) is 10.7. The predicted molar refractivity (Wildman–Crippen MR) is 124 cm³/mol. The monoisotopic (exact) mass is 444 g/mol. The summed E-state index contributed by atoms with van der Waals surface area (Å²) in [6.07, 6.45) is 8.52. The van der Waals surface area contributed by atoms with E-state index in [9.17, 15) is 4.79 Å². The lowest BCUT2D eigenvalue weighted by Crippen LogP contribution is -2.07. The maximum absolute atomic E-state index is 12.5. The summed E-state index contributed by atoms with van der Waals surface area (Å²) in [7, 11) is 0. The van der Waals surface area contributed by atoms with Gasteiger partial charge in [0.15, 0.2) is 0 Å². The molecule has 1 aromatic carbocycles. The van der Waals surface area contributed by atoms with E-state index in [1.54, 1.807) is 12.4 Å². The lowest BCUT2D eigenvalue weighted by Gasteiger charge is -2.08. The van der Waals surface area contributed by atoms with Crippen molar-refractivity contribution in [2.75, 3.05) is 0 Å². The van der Waals surface area contributed by atoms with Crippen LogP contribution in [0.3, 0.4) is 0 Å². The first-order valence-corrected chi connectivity index (χ1v) is 11.4. The number of aromatic amines is 1. The summed E-state index contributed by atoms with van der Waals surface area (Å²) < 4.78 is 1.89. The van der Waals surface area contributed by atoms with E-state index in [1.165, 1.54) is 0 Å². The largest absolute Gasteiger partial charge is 0.291 e. The van der Waals surface area contributed by atoms with Gasteiger partial charge in [-0.25, -0.2) is 9.67 Å². The number of H-pyrrole nitrogens is 1. The van der Waals surface area contributed by atoms with Gasteiger partial charge in [-0.05, 0) is 35.2 Å². The molecule has 0 saturated carbocycles. The topological polar surface area (TPSA) is 115 Å². The predicted octanol–water partition coefficient (Wildman–Crippen LogP) is 4.28. The molecule has 0 fully saturated rings. The Balaban J connectivity index is 1.56. The minimum Gasteiger partial charge on any atom is -0.291 e. The van der Waals surface area contributed by atoms with Crippen LogP contribution in [0, 0.1) is 0 Å². The van der Waals surface area contributed by atoms with Gasteiger partial charge in [-0.3, -0.25) is 9.78 Å². The maximum Gasteiger partial charge on any atom is 0.217 e. The summed E-state index contributed by atoms with van der Waals surface area (Å²) in [5.41, 5.74) is 3.90. The molecule has 9 heteroatoms. The van der Waals surface area contributed by atoms with Crippen molar-refractivity contribution in [1.82, 2.24) is 40.4 Å². The molecule has 4 rings (SSSR count). The van der Waals surface area contributed by atoms with Crippen LogP contribution in [0.15, 0.2) is 42.7 Å². The van der Waals surface area contributed by atoms with Crippen molar-refractivity contribution < 1.29 is 4.79 Å². The van der Waals surface area contributed by atoms with Crippen LogP contribution in [-0.2, 0) is 13.0 Å². The number of ketones is 1. The van der Waals surface area contributed by atoms with Gasteiger partial charge in [0.05, 0.1) is 0 Å². The van der Waals surface area contributed by atoms with Crippen LogP contribution in [0.25, 0.3) is 22.5 Å². The van der Waals surface area contributed by atoms with Crippen LogP contribution in [-0.4, -0.2) is 46.2 Å². The van der Waals surface area contributed by atoms with Crippen LogP contribution in [0.5, 0.6) is 0 Å². The number of benzene rings is 1. The van der Waals surface area contributed by atoms with E-state index < -0.39 is 0 Å². The van der Waals surface area contributed by atoms with E-state index in [4.69, 9.17) is 0 Å². The average Bonchev–Trinajstić information content (AvgIpc) is 3.52. The number of nitrogens with zero attached hydrogens (tertiary/aromatic N) is 7. The number of unbranched alkanes of at least 4 members (excludes halogenated alkanes) is 2. The quantitative estimate of drug-likeness (QED) is 0.343. The Bertz CT molecular complexity index is 1180. The van der Waals surface area contributed by atoms with Gasteiger partial charge in [-0.15, -0.1) is 15.3 Å². The number of carbonyl (C=O) groups excluding carboxylic acids is 1. The summed E-state index contributed by atoms with van der Waals surface area (Å²) in [4.78, 5) is 21.3. The second-order valence-corrected chi connectivity index (χ2v) is 7.99. The Hall–Kier alpha value is -3.75. The third-order valence-corrected chi connectivity index (χ3v) is 5.51. The smallest absolute Gasteiger partial charge is 0.217 e. The van der Waals surface area contributed by atoms with Crippen molar-refractivity contribution >= 4 is 5.78 Å². The van der Waals surface area contributed by atoms with Crippen molar-refractivity contribution in [3.63, 3.8) is 0 Å². The van der Waals surface area contributed by atoms with Gasteiger partial charge in [-0.2, -0.15) is 5.21 Å². The molecule has 0 atom stereocenters. The number of hydrogen-bond donors (Lipinski definition) is 1. The molecule has 1 N–H and O–H groups in total. The normalized spacial score (nSPS) is 11.1. The molecule has 0 bridgehead atoms. The van der Waals surface area contributed by atoms with Crippen LogP contribution in [0.1, 0.15) is 68.0 Å². The number of nitrogens with one attached hydrogen (secondary N) is 1. The van der Waals surface area contributed by atoms with E-state index in [0.717, 1.165) is 60.3 Å². The van der Waals surface area contributed by atoms with E-state index in [0.29, 0.717) is 24.5 Å². The first-order valence-electron chi connectivity index (χ1n) is 11.4. The van der Waals surface area contributed by atoms with E-state index in [1.807, 2.05) is 10.7 Å². The third kappa shape index (κ3) is 5.36. The third-order valence-electron chi connectivity index (χ3n) is 5.51. The molecule has 0 saturated heterocycles. The summed E-state index contributed by atoms with van der Waals surface area (Å²) in [6, 6.07) is 10.1. The van der Waals surface area contributed by atoms with Gasteiger partial charge in [0, 0.05) is 42.9 Å². The molecule has 4 aromatic rings. The minimum atomic E-state index is 0.0225. The Morgan fingerprint density at radius 3 is 2.58 bits per heavy atom. The number of aryl methyl sites for hydroxylation is 1.